The first kappa shape index (κ1) is 14.1. The van der Waals surface area contributed by atoms with Crippen LogP contribution in [0.5, 0.6) is 0 Å². The standard InChI is InChI=1S/C18H14BrN3O/c19-14-7-1-2-8-15(14)20-18(23)22-12-13-6-5-11-21(13)16-9-3-4-10-17(16)22/h1-11H,12H2,(H,20,23). The highest BCUT2D eigenvalue weighted by molar-refractivity contribution is 9.10. The van der Waals surface area contributed by atoms with Crippen molar-refractivity contribution in [1.29, 1.82) is 0 Å². The van der Waals surface area contributed by atoms with Crippen LogP contribution in [0, 0.1) is 0 Å². The number of anilines is 2. The molecule has 0 radical (unpaired) electrons. The van der Waals surface area contributed by atoms with Crippen LogP contribution in [0.2, 0.25) is 0 Å². The Morgan fingerprint density at radius 1 is 0.957 bits per heavy atom. The first-order valence-electron chi connectivity index (χ1n) is 7.33. The maximum absolute atomic E-state index is 12.8. The molecule has 4 rings (SSSR count). The molecule has 0 spiro atoms. The van der Waals surface area contributed by atoms with Gasteiger partial charge in [-0.15, -0.1) is 0 Å². The second-order valence-electron chi connectivity index (χ2n) is 5.35. The van der Waals surface area contributed by atoms with Gasteiger partial charge in [0.25, 0.3) is 0 Å². The van der Waals surface area contributed by atoms with E-state index in [4.69, 9.17) is 0 Å². The Labute approximate surface area is 142 Å². The molecule has 0 atom stereocenters. The molecule has 0 saturated carbocycles. The number of hydrogen-bond acceptors (Lipinski definition) is 1. The molecule has 1 aromatic heterocycles. The van der Waals surface area contributed by atoms with Gasteiger partial charge in [0.15, 0.2) is 0 Å². The number of urea groups is 1. The predicted octanol–water partition coefficient (Wildman–Crippen LogP) is 4.79. The number of halogens is 1. The van der Waals surface area contributed by atoms with Gasteiger partial charge in [0.05, 0.1) is 23.6 Å². The summed E-state index contributed by atoms with van der Waals surface area (Å²) in [5.41, 5.74) is 3.77. The van der Waals surface area contributed by atoms with Crippen molar-refractivity contribution in [2.75, 3.05) is 10.2 Å². The largest absolute Gasteiger partial charge is 0.326 e. The maximum atomic E-state index is 12.8. The molecule has 0 aliphatic carbocycles. The predicted molar refractivity (Wildman–Crippen MR) is 95.1 cm³/mol. The molecule has 2 aromatic carbocycles. The van der Waals surface area contributed by atoms with Gasteiger partial charge in [-0.25, -0.2) is 4.79 Å². The van der Waals surface area contributed by atoms with Crippen molar-refractivity contribution < 1.29 is 4.79 Å². The third-order valence-corrected chi connectivity index (χ3v) is 4.64. The SMILES string of the molecule is O=C(Nc1ccccc1Br)N1Cc2cccn2-c2ccccc21. The Kier molecular flexibility index (Phi) is 3.42. The van der Waals surface area contributed by atoms with E-state index in [1.807, 2.05) is 66.9 Å². The van der Waals surface area contributed by atoms with Crippen molar-refractivity contribution in [1.82, 2.24) is 4.57 Å². The number of fused-ring (bicyclic) bond motifs is 3. The summed E-state index contributed by atoms with van der Waals surface area (Å²) in [7, 11) is 0. The van der Waals surface area contributed by atoms with Crippen LogP contribution in [-0.4, -0.2) is 10.6 Å². The highest BCUT2D eigenvalue weighted by Gasteiger charge is 2.26. The highest BCUT2D eigenvalue weighted by Crippen LogP contribution is 2.33. The number of rotatable bonds is 1. The van der Waals surface area contributed by atoms with E-state index < -0.39 is 0 Å². The van der Waals surface area contributed by atoms with E-state index in [2.05, 4.69) is 25.8 Å². The average molecular weight is 368 g/mol. The molecular weight excluding hydrogens is 354 g/mol. The minimum atomic E-state index is -0.142. The lowest BCUT2D eigenvalue weighted by molar-refractivity contribution is 0.256. The van der Waals surface area contributed by atoms with E-state index >= 15 is 0 Å². The van der Waals surface area contributed by atoms with E-state index in [0.717, 1.165) is 27.2 Å². The van der Waals surface area contributed by atoms with E-state index in [9.17, 15) is 4.79 Å². The topological polar surface area (TPSA) is 37.3 Å². The van der Waals surface area contributed by atoms with E-state index in [1.165, 1.54) is 0 Å². The molecular formula is C18H14BrN3O. The minimum Gasteiger partial charge on any atom is -0.317 e. The Morgan fingerprint density at radius 2 is 1.70 bits per heavy atom. The Hall–Kier alpha value is -2.53. The number of aromatic nitrogens is 1. The number of carbonyl (C=O) groups excluding carboxylic acids is 1. The number of amides is 2. The van der Waals surface area contributed by atoms with Crippen LogP contribution in [0.25, 0.3) is 5.69 Å². The van der Waals surface area contributed by atoms with Gasteiger partial charge in [0.1, 0.15) is 0 Å². The van der Waals surface area contributed by atoms with Crippen molar-refractivity contribution >= 4 is 33.3 Å². The first-order chi connectivity index (χ1) is 11.2. The van der Waals surface area contributed by atoms with Gasteiger partial charge in [0, 0.05) is 16.4 Å². The molecule has 0 saturated heterocycles. The summed E-state index contributed by atoms with van der Waals surface area (Å²) in [6, 6.07) is 19.4. The number of nitrogens with one attached hydrogen (secondary N) is 1. The molecule has 2 heterocycles. The Balaban J connectivity index is 1.70. The van der Waals surface area contributed by atoms with Crippen LogP contribution >= 0.6 is 15.9 Å². The zero-order valence-electron chi connectivity index (χ0n) is 12.2. The molecule has 0 fully saturated rings. The monoisotopic (exact) mass is 367 g/mol. The molecule has 1 aliphatic heterocycles. The summed E-state index contributed by atoms with van der Waals surface area (Å²) < 4.78 is 2.99. The summed E-state index contributed by atoms with van der Waals surface area (Å²) in [5, 5.41) is 2.97. The van der Waals surface area contributed by atoms with Gasteiger partial charge >= 0.3 is 6.03 Å². The number of nitrogens with zero attached hydrogens (tertiary/aromatic N) is 2. The second kappa shape index (κ2) is 5.59. The quantitative estimate of drug-likeness (QED) is 0.659. The molecule has 1 aliphatic rings. The Morgan fingerprint density at radius 3 is 2.52 bits per heavy atom. The molecule has 23 heavy (non-hydrogen) atoms. The molecule has 114 valence electrons. The van der Waals surface area contributed by atoms with Crippen molar-refractivity contribution in [3.63, 3.8) is 0 Å². The fourth-order valence-corrected chi connectivity index (χ4v) is 3.23. The molecule has 1 N–H and O–H groups in total. The van der Waals surface area contributed by atoms with E-state index in [1.54, 1.807) is 4.90 Å². The van der Waals surface area contributed by atoms with Gasteiger partial charge in [-0.3, -0.25) is 4.90 Å². The maximum Gasteiger partial charge on any atom is 0.326 e. The zero-order valence-corrected chi connectivity index (χ0v) is 13.8. The normalized spacial score (nSPS) is 12.5. The summed E-state index contributed by atoms with van der Waals surface area (Å²) in [6.07, 6.45) is 2.02. The first-order valence-corrected chi connectivity index (χ1v) is 8.12. The van der Waals surface area contributed by atoms with Crippen LogP contribution in [0.4, 0.5) is 16.2 Å². The van der Waals surface area contributed by atoms with Crippen LogP contribution in [0.3, 0.4) is 0 Å². The lowest BCUT2D eigenvalue weighted by Crippen LogP contribution is -2.38. The average Bonchev–Trinajstić information content (AvgIpc) is 3.05. The second-order valence-corrected chi connectivity index (χ2v) is 6.21. The van der Waals surface area contributed by atoms with Gasteiger partial charge in [0.2, 0.25) is 0 Å². The summed E-state index contributed by atoms with van der Waals surface area (Å²) >= 11 is 3.46. The molecule has 3 aromatic rings. The Bertz CT molecular complexity index is 887. The van der Waals surface area contributed by atoms with Crippen molar-refractivity contribution in [3.05, 3.63) is 77.0 Å². The van der Waals surface area contributed by atoms with Crippen molar-refractivity contribution in [2.24, 2.45) is 0 Å². The summed E-state index contributed by atoms with van der Waals surface area (Å²) in [4.78, 5) is 14.6. The zero-order chi connectivity index (χ0) is 15.8. The third-order valence-electron chi connectivity index (χ3n) is 3.95. The number of hydrogen-bond donors (Lipinski definition) is 1. The fraction of sp³-hybridized carbons (Fsp3) is 0.0556. The van der Waals surface area contributed by atoms with Crippen LogP contribution in [0.15, 0.2) is 71.3 Å². The lowest BCUT2D eigenvalue weighted by atomic mass is 10.2. The third kappa shape index (κ3) is 2.43. The van der Waals surface area contributed by atoms with Gasteiger partial charge < -0.3 is 9.88 Å². The van der Waals surface area contributed by atoms with Crippen LogP contribution < -0.4 is 10.2 Å². The van der Waals surface area contributed by atoms with Gasteiger partial charge in [-0.2, -0.15) is 0 Å². The van der Waals surface area contributed by atoms with E-state index in [-0.39, 0.29) is 6.03 Å². The van der Waals surface area contributed by atoms with Crippen molar-refractivity contribution in [3.8, 4) is 5.69 Å². The highest BCUT2D eigenvalue weighted by atomic mass is 79.9. The van der Waals surface area contributed by atoms with Crippen molar-refractivity contribution in [2.45, 2.75) is 6.54 Å². The molecule has 4 nitrogen and oxygen atoms in total. The van der Waals surface area contributed by atoms with Crippen LogP contribution in [-0.2, 0) is 6.54 Å². The molecule has 5 heteroatoms. The fourth-order valence-electron chi connectivity index (χ4n) is 2.85. The summed E-state index contributed by atoms with van der Waals surface area (Å²) in [5.74, 6) is 0. The molecule has 0 bridgehead atoms. The number of para-hydroxylation sites is 3. The number of benzene rings is 2. The van der Waals surface area contributed by atoms with Gasteiger partial charge in [-0.1, -0.05) is 24.3 Å². The lowest BCUT2D eigenvalue weighted by Gasteiger charge is -2.31. The smallest absolute Gasteiger partial charge is 0.317 e. The van der Waals surface area contributed by atoms with E-state index in [0.29, 0.717) is 6.54 Å². The van der Waals surface area contributed by atoms with Gasteiger partial charge in [-0.05, 0) is 52.3 Å². The van der Waals surface area contributed by atoms with Crippen LogP contribution in [0.1, 0.15) is 5.69 Å². The summed E-state index contributed by atoms with van der Waals surface area (Å²) in [6.45, 7) is 0.542. The molecule has 0 unspecified atom stereocenters. The molecule has 2 amide bonds. The number of carbonyl (C=O) groups is 1. The minimum absolute atomic E-state index is 0.142.